The van der Waals surface area contributed by atoms with Gasteiger partial charge in [-0.1, -0.05) is 73.0 Å². The van der Waals surface area contributed by atoms with E-state index < -0.39 is 0 Å². The maximum absolute atomic E-state index is 11.8. The first-order chi connectivity index (χ1) is 37.7. The molecule has 2 aromatic rings. The fraction of sp³-hybridized carbons (Fsp3) is 0.723. The van der Waals surface area contributed by atoms with Gasteiger partial charge in [0.1, 0.15) is 6.10 Å². The van der Waals surface area contributed by atoms with Gasteiger partial charge in [-0.3, -0.25) is 14.6 Å². The zero-order chi connectivity index (χ0) is 59.0. The molecule has 14 unspecified atom stereocenters. The molecule has 11 nitrogen and oxygen atoms in total. The normalized spacial score (nSPS) is 22.1. The molecule has 0 amide bonds. The van der Waals surface area contributed by atoms with Crippen molar-refractivity contribution in [3.63, 3.8) is 0 Å². The standard InChI is InChI=1S/C24H37NO5.C20H31NO4.C3H8.H13P11.H12P10/c1-4-7-24(26)30-19-12-14-25(17-19)20-8-5-6-9-21(20)29-15-13-18-10-11-22(27-2)23(16-18)28-3;1-23-19-8-7-15(13-20(19)24-2)10-12-25-18-6-4-3-5-17(18)21-11-9-16(22)14-21;1-3-2;1-7-10(6)11(8(2)3)9(4)5;1-7(2)10(8(3)4)9(5)6/h10-11,16,19-21H,4-9,12-15,17H2,1-3H3;7-8,13,16-18,22H,3-6,9-12,14H2,1-2H3;3H2,1-2H3;7H,1-6H2;1-6H2/t19-,20-,21-;16-,17-,18-;;;/m11.../s1. The number of benzene rings is 2. The van der Waals surface area contributed by atoms with E-state index >= 15 is 0 Å². The van der Waals surface area contributed by atoms with Gasteiger partial charge in [0.25, 0.3) is 0 Å². The van der Waals surface area contributed by atoms with Crippen LogP contribution >= 0.6 is 171 Å². The van der Waals surface area contributed by atoms with Crippen molar-refractivity contribution in [3.8, 4) is 23.0 Å². The van der Waals surface area contributed by atoms with Crippen molar-refractivity contribution < 1.29 is 43.1 Å². The Bertz CT molecular complexity index is 1910. The lowest BCUT2D eigenvalue weighted by atomic mass is 9.91. The second-order valence-corrected chi connectivity index (χ2v) is 94.8. The maximum Gasteiger partial charge on any atom is 0.306 e. The number of aliphatic hydroxyl groups excluding tert-OH is 1. The highest BCUT2D eigenvalue weighted by Crippen LogP contribution is 3.13. The first-order valence-electron chi connectivity index (χ1n) is 26.8. The Morgan fingerprint density at radius 3 is 1.33 bits per heavy atom. The Labute approximate surface area is 517 Å². The highest BCUT2D eigenvalue weighted by molar-refractivity contribution is 9.18. The van der Waals surface area contributed by atoms with Crippen LogP contribution in [-0.4, -0.2) is 125 Å². The number of hydrogen-bond acceptors (Lipinski definition) is 11. The second-order valence-electron chi connectivity index (χ2n) is 19.1. The summed E-state index contributed by atoms with van der Waals surface area (Å²) >= 11 is 0. The fourth-order valence-corrected chi connectivity index (χ4v) is 191. The molecule has 2 aliphatic heterocycles. The van der Waals surface area contributed by atoms with Gasteiger partial charge in [-0.2, -0.15) is 0 Å². The van der Waals surface area contributed by atoms with Gasteiger partial charge in [0.05, 0.1) is 60.0 Å². The molecule has 2 aliphatic carbocycles. The van der Waals surface area contributed by atoms with E-state index in [1.807, 2.05) is 31.2 Å². The zero-order valence-electron chi connectivity index (χ0n) is 47.9. The number of carbonyl (C=O) groups is 1. The van der Waals surface area contributed by atoms with Gasteiger partial charge < -0.3 is 38.3 Å². The summed E-state index contributed by atoms with van der Waals surface area (Å²) in [7, 11) is 43.2. The monoisotopic (exact) mass is 1490 g/mol. The van der Waals surface area contributed by atoms with Crippen LogP contribution in [0, 0.1) is 0 Å². The summed E-state index contributed by atoms with van der Waals surface area (Å²) in [6.07, 6.45) is 16.1. The van der Waals surface area contributed by atoms with Gasteiger partial charge in [-0.25, -0.2) is 0 Å². The van der Waals surface area contributed by atoms with Gasteiger partial charge >= 0.3 is 5.97 Å². The average molecular weight is 1490 g/mol. The van der Waals surface area contributed by atoms with E-state index in [1.165, 1.54) is 49.7 Å². The third kappa shape index (κ3) is 31.9. The number of hydrogen-bond donors (Lipinski definition) is 1. The Kier molecular flexibility index (Phi) is 49.0. The van der Waals surface area contributed by atoms with Crippen molar-refractivity contribution in [1.82, 2.24) is 9.80 Å². The predicted octanol–water partition coefficient (Wildman–Crippen LogP) is 19.4. The number of aliphatic hydroxyl groups is 1. The van der Waals surface area contributed by atoms with Crippen LogP contribution in [0.2, 0.25) is 0 Å². The van der Waals surface area contributed by atoms with Gasteiger partial charge in [0.15, 0.2) is 23.0 Å². The number of rotatable bonds is 24. The first-order valence-corrected chi connectivity index (χ1v) is 63.2. The van der Waals surface area contributed by atoms with Crippen molar-refractivity contribution in [2.45, 2.75) is 154 Å². The molecule has 32 heteroatoms. The van der Waals surface area contributed by atoms with Crippen molar-refractivity contribution in [2.75, 3.05) is 67.8 Å². The first kappa shape index (κ1) is 81.0. The van der Waals surface area contributed by atoms with Crippen LogP contribution in [0.1, 0.15) is 115 Å². The number of β-amino-alcohol motifs (C(OH)–C–C–N with tert-alkyl or cyclic N) is 1. The number of esters is 1. The summed E-state index contributed by atoms with van der Waals surface area (Å²) in [5.74, 6) is 2.97. The lowest BCUT2D eigenvalue weighted by Crippen LogP contribution is -2.46. The topological polar surface area (TPSA) is 108 Å². The van der Waals surface area contributed by atoms with Crippen molar-refractivity contribution in [2.24, 2.45) is 0 Å². The van der Waals surface area contributed by atoms with Crippen LogP contribution in [0.5, 0.6) is 23.0 Å². The largest absolute Gasteiger partial charge is 0.493 e. The lowest BCUT2D eigenvalue weighted by Gasteiger charge is -2.37. The molecule has 2 saturated heterocycles. The summed E-state index contributed by atoms with van der Waals surface area (Å²) in [6, 6.07) is 13.0. The third-order valence-corrected chi connectivity index (χ3v) is 122. The Morgan fingerprint density at radius 1 is 0.582 bits per heavy atom. The van der Waals surface area contributed by atoms with Gasteiger partial charge in [-0.15, -0.1) is 107 Å². The Hall–Kier alpha value is 5.94. The molecule has 20 atom stereocenters. The van der Waals surface area contributed by atoms with E-state index in [-0.39, 0.29) is 80.2 Å². The maximum atomic E-state index is 11.8. The molecule has 458 valence electrons. The minimum atomic E-state index is -0.158. The minimum Gasteiger partial charge on any atom is -0.493 e. The molecular weight excluding hydrogens is 1390 g/mol. The molecule has 2 heterocycles. The summed E-state index contributed by atoms with van der Waals surface area (Å²) in [4.78, 5) is 16.8. The fourth-order valence-electron chi connectivity index (χ4n) is 9.53. The molecular formula is C47H101N2O9P21. The van der Waals surface area contributed by atoms with Gasteiger partial charge in [0.2, 0.25) is 0 Å². The quantitative estimate of drug-likeness (QED) is 0.0802. The molecule has 0 radical (unpaired) electrons. The van der Waals surface area contributed by atoms with Crippen molar-refractivity contribution >= 4 is 177 Å². The van der Waals surface area contributed by atoms with Crippen LogP contribution in [0.4, 0.5) is 0 Å². The van der Waals surface area contributed by atoms with Crippen LogP contribution in [0.3, 0.4) is 0 Å². The summed E-state index contributed by atoms with van der Waals surface area (Å²) in [5.41, 5.74) is 2.38. The van der Waals surface area contributed by atoms with Crippen LogP contribution in [-0.2, 0) is 31.8 Å². The predicted molar refractivity (Wildman–Crippen MR) is 410 cm³/mol. The Morgan fingerprint density at radius 2 is 0.987 bits per heavy atom. The van der Waals surface area contributed by atoms with E-state index in [1.54, 1.807) is 28.4 Å². The highest BCUT2D eigenvalue weighted by Gasteiger charge is 2.37. The van der Waals surface area contributed by atoms with E-state index in [0.717, 1.165) is 109 Å². The molecule has 0 aromatic heterocycles. The van der Waals surface area contributed by atoms with E-state index in [9.17, 15) is 9.90 Å². The zero-order valence-corrected chi connectivity index (χ0v) is 69.9. The molecule has 1 N–H and O–H groups in total. The van der Waals surface area contributed by atoms with Crippen molar-refractivity contribution in [3.05, 3.63) is 47.5 Å². The minimum absolute atomic E-state index is 0.0402. The average Bonchev–Trinajstić information content (AvgIpc) is 4.10. The molecule has 0 spiro atoms. The van der Waals surface area contributed by atoms with Crippen LogP contribution in [0.15, 0.2) is 36.4 Å². The van der Waals surface area contributed by atoms with Crippen LogP contribution < -0.4 is 18.9 Å². The lowest BCUT2D eigenvalue weighted by molar-refractivity contribution is -0.148. The van der Waals surface area contributed by atoms with Gasteiger partial charge in [-0.05, 0) is 149 Å². The summed E-state index contributed by atoms with van der Waals surface area (Å²) in [5, 5.41) is 9.83. The van der Waals surface area contributed by atoms with E-state index in [4.69, 9.17) is 33.2 Å². The molecule has 4 aliphatic rings. The highest BCUT2D eigenvalue weighted by atomic mass is 33.2. The number of likely N-dealkylation sites (tertiary alicyclic amines) is 2. The smallest absolute Gasteiger partial charge is 0.306 e. The number of ether oxygens (including phenoxy) is 7. The third-order valence-electron chi connectivity index (χ3n) is 13.1. The summed E-state index contributed by atoms with van der Waals surface area (Å²) in [6.45, 7) is 12.7. The van der Waals surface area contributed by atoms with Gasteiger partial charge in [0, 0.05) is 44.7 Å². The van der Waals surface area contributed by atoms with Crippen molar-refractivity contribution in [1.29, 1.82) is 0 Å². The molecule has 4 fully saturated rings. The van der Waals surface area contributed by atoms with Crippen LogP contribution in [0.25, 0.3) is 0 Å². The molecule has 79 heavy (non-hydrogen) atoms. The number of nitrogens with zero attached hydrogens (tertiary/aromatic N) is 2. The number of carbonyl (C=O) groups excluding carboxylic acids is 1. The molecule has 6 rings (SSSR count). The second kappa shape index (κ2) is 47.8. The summed E-state index contributed by atoms with van der Waals surface area (Å²) < 4.78 is 39.7. The molecule has 2 saturated carbocycles. The SMILES string of the molecule is CCC.CCCC(=O)O[C@@H]1CCN([C@@H]2CCCC[C@H]2OCCc2ccc(OC)c(OC)c2)C1.COc1ccc(CCO[C@@H]2CCCC[C@H]2N2CC[C@@H](O)C2)cc1OC.PP(P)P(P(P)P)P(P)P.PPP(P)P(P(P)P)P(P)P. The number of methoxy groups -OCH3 is 4. The molecule has 0 bridgehead atoms. The Balaban J connectivity index is 0.000000388. The molecule has 2 aromatic carbocycles. The van der Waals surface area contributed by atoms with E-state index in [0.29, 0.717) is 37.8 Å². The van der Waals surface area contributed by atoms with E-state index in [2.05, 4.69) is 143 Å².